The van der Waals surface area contributed by atoms with Crippen molar-refractivity contribution in [3.05, 3.63) is 126 Å². The van der Waals surface area contributed by atoms with Crippen LogP contribution in [0.1, 0.15) is 30.5 Å². The molecule has 0 saturated heterocycles. The molecule has 2 heteroatoms. The number of para-hydroxylation sites is 1. The lowest BCUT2D eigenvalue weighted by molar-refractivity contribution is 0.660. The molecule has 0 saturated carbocycles. The van der Waals surface area contributed by atoms with Gasteiger partial charge in [-0.1, -0.05) is 80.6 Å². The smallest absolute Gasteiger partial charge is 0.0490 e. The van der Waals surface area contributed by atoms with Gasteiger partial charge >= 0.3 is 0 Å². The molecule has 0 radical (unpaired) electrons. The Morgan fingerprint density at radius 3 is 2.14 bits per heavy atom. The van der Waals surface area contributed by atoms with E-state index in [1.165, 1.54) is 65.1 Å². The van der Waals surface area contributed by atoms with Crippen LogP contribution in [-0.2, 0) is 5.41 Å². The summed E-state index contributed by atoms with van der Waals surface area (Å²) in [4.78, 5) is 2.43. The fraction of sp³-hybridized carbons (Fsp3) is 0.118. The van der Waals surface area contributed by atoms with Gasteiger partial charge in [-0.2, -0.15) is 0 Å². The average molecular weight is 482 g/mol. The fourth-order valence-electron chi connectivity index (χ4n) is 5.93. The van der Waals surface area contributed by atoms with Gasteiger partial charge in [0.25, 0.3) is 0 Å². The number of hydrogen-bond acceptors (Lipinski definition) is 2. The third kappa shape index (κ3) is 3.08. The molecule has 0 fully saturated rings. The third-order valence-electron chi connectivity index (χ3n) is 7.80. The topological polar surface area (TPSA) is 3.24 Å². The van der Waals surface area contributed by atoms with Gasteiger partial charge in [0.2, 0.25) is 0 Å². The van der Waals surface area contributed by atoms with Gasteiger partial charge in [-0.15, -0.1) is 11.3 Å². The minimum Gasteiger partial charge on any atom is -0.310 e. The van der Waals surface area contributed by atoms with E-state index in [0.717, 1.165) is 0 Å². The fourth-order valence-corrected chi connectivity index (χ4v) is 7.01. The van der Waals surface area contributed by atoms with E-state index in [9.17, 15) is 0 Å². The van der Waals surface area contributed by atoms with E-state index in [0.29, 0.717) is 0 Å². The third-order valence-corrected chi connectivity index (χ3v) is 8.95. The van der Waals surface area contributed by atoms with Crippen LogP contribution in [0.2, 0.25) is 0 Å². The summed E-state index contributed by atoms with van der Waals surface area (Å²) in [6, 6.07) is 40.2. The van der Waals surface area contributed by atoms with Gasteiger partial charge in [0.15, 0.2) is 0 Å². The number of anilines is 3. The summed E-state index contributed by atoms with van der Waals surface area (Å²) >= 11 is 1.87. The number of fused-ring (bicyclic) bond motifs is 6. The first kappa shape index (κ1) is 21.4. The molecule has 0 aliphatic heterocycles. The Kier molecular flexibility index (Phi) is 4.64. The summed E-state index contributed by atoms with van der Waals surface area (Å²) in [5.74, 6) is 0. The van der Waals surface area contributed by atoms with E-state index in [1.54, 1.807) is 0 Å². The molecule has 7 rings (SSSR count). The van der Waals surface area contributed by atoms with Crippen LogP contribution in [0, 0.1) is 6.92 Å². The number of benzene rings is 5. The number of rotatable bonds is 3. The van der Waals surface area contributed by atoms with Gasteiger partial charge in [-0.3, -0.25) is 0 Å². The summed E-state index contributed by atoms with van der Waals surface area (Å²) < 4.78 is 2.67. The summed E-state index contributed by atoms with van der Waals surface area (Å²) in [7, 11) is 0. The zero-order valence-electron chi connectivity index (χ0n) is 20.7. The van der Waals surface area contributed by atoms with Crippen LogP contribution in [0.5, 0.6) is 0 Å². The highest BCUT2D eigenvalue weighted by molar-refractivity contribution is 7.25. The van der Waals surface area contributed by atoms with Crippen molar-refractivity contribution in [3.8, 4) is 11.1 Å². The van der Waals surface area contributed by atoms with Gasteiger partial charge in [0.05, 0.1) is 0 Å². The van der Waals surface area contributed by atoms with E-state index >= 15 is 0 Å². The molecule has 0 atom stereocenters. The first-order valence-corrected chi connectivity index (χ1v) is 13.4. The largest absolute Gasteiger partial charge is 0.310 e. The molecule has 1 nitrogen and oxygen atoms in total. The maximum atomic E-state index is 2.43. The van der Waals surface area contributed by atoms with Crippen molar-refractivity contribution >= 4 is 48.6 Å². The number of thiophene rings is 1. The van der Waals surface area contributed by atoms with Crippen LogP contribution in [0.25, 0.3) is 31.3 Å². The number of nitrogens with zero attached hydrogens (tertiary/aromatic N) is 1. The van der Waals surface area contributed by atoms with E-state index in [1.807, 2.05) is 11.3 Å². The quantitative estimate of drug-likeness (QED) is 0.243. The zero-order valence-corrected chi connectivity index (χ0v) is 21.6. The molecule has 6 aromatic rings. The number of aryl methyl sites for hydroxylation is 1. The SMILES string of the molecule is Cc1ccccc1N(c1ccc2c(c1)C(C)(C)c1ccccc1-2)c1ccc2sc3ccccc3c2c1. The predicted octanol–water partition coefficient (Wildman–Crippen LogP) is 10.1. The highest BCUT2D eigenvalue weighted by atomic mass is 32.1. The van der Waals surface area contributed by atoms with Crippen LogP contribution < -0.4 is 4.90 Å². The van der Waals surface area contributed by atoms with Crippen molar-refractivity contribution in [2.45, 2.75) is 26.2 Å². The minimum atomic E-state index is -0.0349. The molecule has 1 aliphatic carbocycles. The van der Waals surface area contributed by atoms with Gasteiger partial charge in [-0.25, -0.2) is 0 Å². The van der Waals surface area contributed by atoms with Gasteiger partial charge in [-0.05, 0) is 77.2 Å². The Hall–Kier alpha value is -3.88. The summed E-state index contributed by atoms with van der Waals surface area (Å²) in [6.07, 6.45) is 0. The Morgan fingerprint density at radius 1 is 0.583 bits per heavy atom. The lowest BCUT2D eigenvalue weighted by Gasteiger charge is -2.29. The molecule has 0 bridgehead atoms. The Labute approximate surface area is 216 Å². The van der Waals surface area contributed by atoms with Gasteiger partial charge < -0.3 is 4.90 Å². The van der Waals surface area contributed by atoms with Gasteiger partial charge in [0, 0.05) is 42.6 Å². The first-order valence-electron chi connectivity index (χ1n) is 12.5. The van der Waals surface area contributed by atoms with E-state index in [4.69, 9.17) is 0 Å². The molecule has 0 N–H and O–H groups in total. The second-order valence-electron chi connectivity index (χ2n) is 10.3. The lowest BCUT2D eigenvalue weighted by atomic mass is 9.82. The summed E-state index contributed by atoms with van der Waals surface area (Å²) in [6.45, 7) is 6.90. The number of hydrogen-bond donors (Lipinski definition) is 0. The normalized spacial score (nSPS) is 13.6. The molecule has 1 heterocycles. The van der Waals surface area contributed by atoms with Crippen molar-refractivity contribution in [2.75, 3.05) is 4.90 Å². The molecule has 36 heavy (non-hydrogen) atoms. The molecule has 174 valence electrons. The highest BCUT2D eigenvalue weighted by Gasteiger charge is 2.35. The maximum Gasteiger partial charge on any atom is 0.0490 e. The van der Waals surface area contributed by atoms with Crippen molar-refractivity contribution < 1.29 is 0 Å². The van der Waals surface area contributed by atoms with Crippen molar-refractivity contribution in [1.29, 1.82) is 0 Å². The second kappa shape index (κ2) is 7.81. The van der Waals surface area contributed by atoms with Crippen molar-refractivity contribution in [1.82, 2.24) is 0 Å². The van der Waals surface area contributed by atoms with Crippen LogP contribution in [-0.4, -0.2) is 0 Å². The molecule has 0 spiro atoms. The Bertz CT molecular complexity index is 1790. The minimum absolute atomic E-state index is 0.0349. The van der Waals surface area contributed by atoms with E-state index < -0.39 is 0 Å². The maximum absolute atomic E-state index is 2.43. The Morgan fingerprint density at radius 2 is 1.25 bits per heavy atom. The molecular formula is C34H27NS. The molecule has 5 aromatic carbocycles. The molecule has 1 aliphatic rings. The predicted molar refractivity (Wildman–Crippen MR) is 156 cm³/mol. The first-order chi connectivity index (χ1) is 17.5. The summed E-state index contributed by atoms with van der Waals surface area (Å²) in [5, 5.41) is 2.65. The average Bonchev–Trinajstić information content (AvgIpc) is 3.38. The highest BCUT2D eigenvalue weighted by Crippen LogP contribution is 2.51. The standard InChI is InChI=1S/C34H27NS/c1-22-10-4-8-14-31(22)35(23-17-19-33-28(20-23)27-12-6-9-15-32(27)36-33)24-16-18-26-25-11-5-7-13-29(25)34(2,3)30(26)21-24/h4-21H,1-3H3. The van der Waals surface area contributed by atoms with Crippen LogP contribution in [0.4, 0.5) is 17.1 Å². The van der Waals surface area contributed by atoms with E-state index in [-0.39, 0.29) is 5.41 Å². The molecule has 0 amide bonds. The zero-order chi connectivity index (χ0) is 24.4. The molecule has 1 aromatic heterocycles. The van der Waals surface area contributed by atoms with Crippen molar-refractivity contribution in [2.24, 2.45) is 0 Å². The van der Waals surface area contributed by atoms with E-state index in [2.05, 4.69) is 135 Å². The van der Waals surface area contributed by atoms with Crippen LogP contribution >= 0.6 is 11.3 Å². The second-order valence-corrected chi connectivity index (χ2v) is 11.4. The van der Waals surface area contributed by atoms with Crippen LogP contribution in [0.15, 0.2) is 109 Å². The Balaban J connectivity index is 1.46. The molecular weight excluding hydrogens is 454 g/mol. The van der Waals surface area contributed by atoms with Crippen LogP contribution in [0.3, 0.4) is 0 Å². The lowest BCUT2D eigenvalue weighted by Crippen LogP contribution is -2.16. The molecule has 0 unspecified atom stereocenters. The van der Waals surface area contributed by atoms with Crippen molar-refractivity contribution in [3.63, 3.8) is 0 Å². The summed E-state index contributed by atoms with van der Waals surface area (Å²) in [5.41, 5.74) is 10.3. The van der Waals surface area contributed by atoms with Gasteiger partial charge in [0.1, 0.15) is 0 Å². The monoisotopic (exact) mass is 481 g/mol.